The molecule has 1 N–H and O–H groups in total. The van der Waals surface area contributed by atoms with Gasteiger partial charge in [-0.1, -0.05) is 26.0 Å². The molecule has 0 aliphatic heterocycles. The summed E-state index contributed by atoms with van der Waals surface area (Å²) in [7, 11) is 0. The molecular formula is C17H20FNO. The third-order valence-electron chi connectivity index (χ3n) is 2.94. The third-order valence-corrected chi connectivity index (χ3v) is 2.94. The summed E-state index contributed by atoms with van der Waals surface area (Å²) in [5.74, 6) is 1.20. The van der Waals surface area contributed by atoms with Crippen molar-refractivity contribution < 1.29 is 9.13 Å². The first-order valence-corrected chi connectivity index (χ1v) is 6.81. The first-order chi connectivity index (χ1) is 9.54. The molecule has 0 radical (unpaired) electrons. The maximum absolute atomic E-state index is 13.4. The second-order valence-electron chi connectivity index (χ2n) is 5.21. The van der Waals surface area contributed by atoms with E-state index < -0.39 is 0 Å². The van der Waals surface area contributed by atoms with E-state index in [0.717, 1.165) is 16.9 Å². The number of rotatable bonds is 5. The Morgan fingerprint density at radius 3 is 2.65 bits per heavy atom. The first kappa shape index (κ1) is 14.5. The van der Waals surface area contributed by atoms with Gasteiger partial charge in [-0.2, -0.15) is 0 Å². The molecule has 0 saturated heterocycles. The van der Waals surface area contributed by atoms with Crippen LogP contribution in [0.15, 0.2) is 42.5 Å². The minimum Gasteiger partial charge on any atom is -0.457 e. The highest BCUT2D eigenvalue weighted by molar-refractivity contribution is 5.39. The van der Waals surface area contributed by atoms with Gasteiger partial charge in [0.05, 0.1) is 0 Å². The molecule has 2 rings (SSSR count). The standard InChI is InChI=1S/C17H20FNO/c1-12(2)19-11-14-10-15(18)7-8-17(14)20-16-6-4-5-13(3)9-16/h4-10,12,19H,11H2,1-3H3. The Morgan fingerprint density at radius 1 is 1.15 bits per heavy atom. The van der Waals surface area contributed by atoms with Crippen LogP contribution >= 0.6 is 0 Å². The molecule has 0 fully saturated rings. The summed E-state index contributed by atoms with van der Waals surface area (Å²) in [6.07, 6.45) is 0. The molecule has 0 amide bonds. The molecule has 0 heterocycles. The number of hydrogen-bond acceptors (Lipinski definition) is 2. The van der Waals surface area contributed by atoms with Gasteiger partial charge in [-0.25, -0.2) is 4.39 Å². The molecular weight excluding hydrogens is 253 g/mol. The van der Waals surface area contributed by atoms with Crippen LogP contribution in [0.4, 0.5) is 4.39 Å². The molecule has 0 aliphatic carbocycles. The van der Waals surface area contributed by atoms with Gasteiger partial charge < -0.3 is 10.1 Å². The highest BCUT2D eigenvalue weighted by Gasteiger charge is 2.07. The van der Waals surface area contributed by atoms with E-state index in [2.05, 4.69) is 19.2 Å². The molecule has 3 heteroatoms. The number of benzene rings is 2. The van der Waals surface area contributed by atoms with E-state index in [1.165, 1.54) is 12.1 Å². The molecule has 0 bridgehead atoms. The van der Waals surface area contributed by atoms with E-state index in [-0.39, 0.29) is 5.82 Å². The van der Waals surface area contributed by atoms with Crippen LogP contribution in [-0.2, 0) is 6.54 Å². The zero-order valence-electron chi connectivity index (χ0n) is 12.1. The number of aryl methyl sites for hydroxylation is 1. The van der Waals surface area contributed by atoms with Crippen LogP contribution in [0.3, 0.4) is 0 Å². The number of hydrogen-bond donors (Lipinski definition) is 1. The fraction of sp³-hybridized carbons (Fsp3) is 0.294. The first-order valence-electron chi connectivity index (χ1n) is 6.81. The van der Waals surface area contributed by atoms with Crippen LogP contribution in [0.5, 0.6) is 11.5 Å². The van der Waals surface area contributed by atoms with Gasteiger partial charge in [0, 0.05) is 18.2 Å². The van der Waals surface area contributed by atoms with E-state index in [1.54, 1.807) is 6.07 Å². The highest BCUT2D eigenvalue weighted by atomic mass is 19.1. The Hall–Kier alpha value is -1.87. The Bertz CT molecular complexity index is 581. The molecule has 0 aliphatic rings. The Labute approximate surface area is 119 Å². The molecule has 0 unspecified atom stereocenters. The van der Waals surface area contributed by atoms with Crippen molar-refractivity contribution in [1.29, 1.82) is 0 Å². The molecule has 2 aromatic rings. The van der Waals surface area contributed by atoms with Gasteiger partial charge in [-0.15, -0.1) is 0 Å². The van der Waals surface area contributed by atoms with E-state index in [4.69, 9.17) is 4.74 Å². The van der Waals surface area contributed by atoms with Crippen LogP contribution in [0.2, 0.25) is 0 Å². The Morgan fingerprint density at radius 2 is 1.95 bits per heavy atom. The summed E-state index contributed by atoms with van der Waals surface area (Å²) in [5.41, 5.74) is 1.95. The van der Waals surface area contributed by atoms with Crippen molar-refractivity contribution >= 4 is 0 Å². The van der Waals surface area contributed by atoms with Crippen molar-refractivity contribution in [3.8, 4) is 11.5 Å². The van der Waals surface area contributed by atoms with Crippen molar-refractivity contribution in [2.45, 2.75) is 33.4 Å². The normalized spacial score (nSPS) is 10.8. The number of nitrogens with one attached hydrogen (secondary N) is 1. The lowest BCUT2D eigenvalue weighted by atomic mass is 10.1. The van der Waals surface area contributed by atoms with E-state index in [1.807, 2.05) is 31.2 Å². The van der Waals surface area contributed by atoms with Crippen molar-refractivity contribution in [3.63, 3.8) is 0 Å². The fourth-order valence-electron chi connectivity index (χ4n) is 1.91. The van der Waals surface area contributed by atoms with Crippen LogP contribution in [0.25, 0.3) is 0 Å². The smallest absolute Gasteiger partial charge is 0.132 e. The molecule has 0 saturated carbocycles. The Kier molecular flexibility index (Phi) is 4.74. The van der Waals surface area contributed by atoms with E-state index in [9.17, 15) is 4.39 Å². The molecule has 106 valence electrons. The summed E-state index contributed by atoms with van der Waals surface area (Å²) in [4.78, 5) is 0. The van der Waals surface area contributed by atoms with Crippen LogP contribution < -0.4 is 10.1 Å². The molecule has 0 atom stereocenters. The monoisotopic (exact) mass is 273 g/mol. The molecule has 2 aromatic carbocycles. The van der Waals surface area contributed by atoms with Crippen molar-refractivity contribution in [2.75, 3.05) is 0 Å². The Balaban J connectivity index is 2.21. The van der Waals surface area contributed by atoms with Gasteiger partial charge in [-0.05, 0) is 42.8 Å². The quantitative estimate of drug-likeness (QED) is 0.870. The van der Waals surface area contributed by atoms with Crippen molar-refractivity contribution in [2.24, 2.45) is 0 Å². The maximum atomic E-state index is 13.4. The zero-order valence-corrected chi connectivity index (χ0v) is 12.1. The second-order valence-corrected chi connectivity index (χ2v) is 5.21. The number of halogens is 1. The summed E-state index contributed by atoms with van der Waals surface area (Å²) in [6.45, 7) is 6.70. The third kappa shape index (κ3) is 4.07. The number of ether oxygens (including phenoxy) is 1. The lowest BCUT2D eigenvalue weighted by Gasteiger charge is -2.14. The predicted octanol–water partition coefficient (Wildman–Crippen LogP) is 4.42. The van der Waals surface area contributed by atoms with Gasteiger partial charge in [0.2, 0.25) is 0 Å². The van der Waals surface area contributed by atoms with Crippen LogP contribution in [0.1, 0.15) is 25.0 Å². The van der Waals surface area contributed by atoms with Gasteiger partial charge in [0.25, 0.3) is 0 Å². The van der Waals surface area contributed by atoms with Gasteiger partial charge in [0.15, 0.2) is 0 Å². The lowest BCUT2D eigenvalue weighted by Crippen LogP contribution is -2.22. The predicted molar refractivity (Wildman–Crippen MR) is 79.6 cm³/mol. The summed E-state index contributed by atoms with van der Waals surface area (Å²) < 4.78 is 19.3. The van der Waals surface area contributed by atoms with Gasteiger partial charge in [-0.3, -0.25) is 0 Å². The van der Waals surface area contributed by atoms with Crippen molar-refractivity contribution in [1.82, 2.24) is 5.32 Å². The second kappa shape index (κ2) is 6.53. The van der Waals surface area contributed by atoms with Crippen molar-refractivity contribution in [3.05, 3.63) is 59.4 Å². The summed E-state index contributed by atoms with van der Waals surface area (Å²) in [6, 6.07) is 12.8. The van der Waals surface area contributed by atoms with Gasteiger partial charge >= 0.3 is 0 Å². The van der Waals surface area contributed by atoms with E-state index >= 15 is 0 Å². The highest BCUT2D eigenvalue weighted by Crippen LogP contribution is 2.26. The minimum absolute atomic E-state index is 0.248. The summed E-state index contributed by atoms with van der Waals surface area (Å²) in [5, 5.41) is 3.28. The van der Waals surface area contributed by atoms with E-state index in [0.29, 0.717) is 18.3 Å². The minimum atomic E-state index is -0.248. The fourth-order valence-corrected chi connectivity index (χ4v) is 1.91. The molecule has 20 heavy (non-hydrogen) atoms. The lowest BCUT2D eigenvalue weighted by molar-refractivity contribution is 0.466. The van der Waals surface area contributed by atoms with Gasteiger partial charge in [0.1, 0.15) is 17.3 Å². The SMILES string of the molecule is Cc1cccc(Oc2ccc(F)cc2CNC(C)C)c1. The molecule has 0 spiro atoms. The molecule has 0 aromatic heterocycles. The summed E-state index contributed by atoms with van der Waals surface area (Å²) >= 11 is 0. The van der Waals surface area contributed by atoms with Crippen LogP contribution in [0, 0.1) is 12.7 Å². The average Bonchev–Trinajstić information content (AvgIpc) is 2.39. The molecule has 2 nitrogen and oxygen atoms in total. The average molecular weight is 273 g/mol. The zero-order chi connectivity index (χ0) is 14.5. The largest absolute Gasteiger partial charge is 0.457 e. The topological polar surface area (TPSA) is 21.3 Å². The maximum Gasteiger partial charge on any atom is 0.132 e. The van der Waals surface area contributed by atoms with Crippen LogP contribution in [-0.4, -0.2) is 6.04 Å².